The van der Waals surface area contributed by atoms with Crippen LogP contribution in [-0.4, -0.2) is 18.5 Å². The van der Waals surface area contributed by atoms with Crippen molar-refractivity contribution in [2.75, 3.05) is 6.61 Å². The summed E-state index contributed by atoms with van der Waals surface area (Å²) in [6, 6.07) is 30.6. The molecule has 1 heterocycles. The Morgan fingerprint density at radius 3 is 1.78 bits per heavy atom. The number of rotatable bonds is 5. The van der Waals surface area contributed by atoms with E-state index in [2.05, 4.69) is 98.8 Å². The first kappa shape index (κ1) is 17.9. The van der Waals surface area contributed by atoms with Crippen LogP contribution in [0.25, 0.3) is 0 Å². The van der Waals surface area contributed by atoms with E-state index in [1.54, 1.807) is 0 Å². The van der Waals surface area contributed by atoms with Gasteiger partial charge in [-0.3, -0.25) is 0 Å². The number of nitrogens with zero attached hydrogens (tertiary/aromatic N) is 1. The van der Waals surface area contributed by atoms with Crippen molar-refractivity contribution >= 4 is 29.7 Å². The van der Waals surface area contributed by atoms with E-state index in [0.29, 0.717) is 12.5 Å². The molecule has 3 heteroatoms. The molecule has 3 aromatic rings. The van der Waals surface area contributed by atoms with Gasteiger partial charge in [0, 0.05) is 5.56 Å². The quantitative estimate of drug-likeness (QED) is 0.613. The highest BCUT2D eigenvalue weighted by atomic mass is 31.1. The monoisotopic (exact) mass is 373 g/mol. The zero-order valence-electron chi connectivity index (χ0n) is 15.7. The molecule has 0 unspecified atom stereocenters. The average Bonchev–Trinajstić information content (AvgIpc) is 3.21. The third-order valence-electron chi connectivity index (χ3n) is 4.84. The van der Waals surface area contributed by atoms with Gasteiger partial charge in [0.2, 0.25) is 5.90 Å². The third-order valence-corrected chi connectivity index (χ3v) is 7.29. The maximum Gasteiger partial charge on any atom is 0.216 e. The molecule has 0 aliphatic carbocycles. The molecular formula is C24H24NOP. The predicted octanol–water partition coefficient (Wildman–Crippen LogP) is 4.25. The SMILES string of the molecule is CC(C)[C@H]1COC(c2ccc(P(c3ccccc3)c3ccccc3)cc2)=N1. The lowest BCUT2D eigenvalue weighted by atomic mass is 10.1. The Bertz CT molecular complexity index is 865. The van der Waals surface area contributed by atoms with Gasteiger partial charge in [-0.05, 0) is 41.9 Å². The Morgan fingerprint density at radius 1 is 0.778 bits per heavy atom. The van der Waals surface area contributed by atoms with E-state index in [-0.39, 0.29) is 6.04 Å². The molecular weight excluding hydrogens is 349 g/mol. The van der Waals surface area contributed by atoms with E-state index in [4.69, 9.17) is 9.73 Å². The molecule has 1 aliphatic rings. The van der Waals surface area contributed by atoms with Crippen LogP contribution in [-0.2, 0) is 4.74 Å². The summed E-state index contributed by atoms with van der Waals surface area (Å²) in [7, 11) is -0.570. The van der Waals surface area contributed by atoms with Crippen molar-refractivity contribution in [3.8, 4) is 0 Å². The van der Waals surface area contributed by atoms with E-state index in [9.17, 15) is 0 Å². The van der Waals surface area contributed by atoms with Crippen molar-refractivity contribution in [2.24, 2.45) is 10.9 Å². The molecule has 0 bridgehead atoms. The zero-order chi connectivity index (χ0) is 18.6. The molecule has 0 radical (unpaired) electrons. The van der Waals surface area contributed by atoms with Gasteiger partial charge in [0.15, 0.2) is 0 Å². The molecule has 1 atom stereocenters. The van der Waals surface area contributed by atoms with Gasteiger partial charge < -0.3 is 4.74 Å². The van der Waals surface area contributed by atoms with E-state index >= 15 is 0 Å². The first-order valence-electron chi connectivity index (χ1n) is 9.43. The third kappa shape index (κ3) is 3.96. The Labute approximate surface area is 162 Å². The molecule has 0 fully saturated rings. The first-order valence-corrected chi connectivity index (χ1v) is 10.8. The number of hydrogen-bond donors (Lipinski definition) is 0. The first-order chi connectivity index (χ1) is 13.2. The van der Waals surface area contributed by atoms with Crippen LogP contribution in [0.3, 0.4) is 0 Å². The summed E-state index contributed by atoms with van der Waals surface area (Å²) < 4.78 is 5.84. The van der Waals surface area contributed by atoms with Gasteiger partial charge in [0.1, 0.15) is 6.61 Å². The maximum atomic E-state index is 5.84. The minimum absolute atomic E-state index is 0.269. The number of benzene rings is 3. The molecule has 0 aromatic heterocycles. The van der Waals surface area contributed by atoms with Crippen LogP contribution in [0.1, 0.15) is 19.4 Å². The highest BCUT2D eigenvalue weighted by Crippen LogP contribution is 2.32. The average molecular weight is 373 g/mol. The largest absolute Gasteiger partial charge is 0.475 e. The normalized spacial score (nSPS) is 16.4. The summed E-state index contributed by atoms with van der Waals surface area (Å²) in [6.07, 6.45) is 0. The Kier molecular flexibility index (Phi) is 5.36. The summed E-state index contributed by atoms with van der Waals surface area (Å²) in [5.74, 6) is 1.29. The molecule has 3 aromatic carbocycles. The minimum Gasteiger partial charge on any atom is -0.475 e. The molecule has 0 saturated carbocycles. The predicted molar refractivity (Wildman–Crippen MR) is 116 cm³/mol. The lowest BCUT2D eigenvalue weighted by molar-refractivity contribution is 0.292. The number of ether oxygens (including phenoxy) is 1. The summed E-state index contributed by atoms with van der Waals surface area (Å²) in [5.41, 5.74) is 1.07. The Hall–Kier alpha value is -2.44. The van der Waals surface area contributed by atoms with E-state index in [1.807, 2.05) is 0 Å². The van der Waals surface area contributed by atoms with Crippen LogP contribution < -0.4 is 15.9 Å². The summed E-state index contributed by atoms with van der Waals surface area (Å²) >= 11 is 0. The summed E-state index contributed by atoms with van der Waals surface area (Å²) in [5, 5.41) is 4.06. The topological polar surface area (TPSA) is 21.6 Å². The van der Waals surface area contributed by atoms with Crippen molar-refractivity contribution in [3.05, 3.63) is 90.5 Å². The molecule has 136 valence electrons. The molecule has 2 nitrogen and oxygen atoms in total. The second-order valence-electron chi connectivity index (χ2n) is 7.11. The van der Waals surface area contributed by atoms with Gasteiger partial charge in [-0.15, -0.1) is 0 Å². The van der Waals surface area contributed by atoms with Gasteiger partial charge in [-0.2, -0.15) is 0 Å². The van der Waals surface area contributed by atoms with Crippen molar-refractivity contribution in [2.45, 2.75) is 19.9 Å². The van der Waals surface area contributed by atoms with Crippen LogP contribution in [0.2, 0.25) is 0 Å². The van der Waals surface area contributed by atoms with E-state index < -0.39 is 7.92 Å². The molecule has 27 heavy (non-hydrogen) atoms. The van der Waals surface area contributed by atoms with E-state index in [0.717, 1.165) is 11.5 Å². The molecule has 0 saturated heterocycles. The molecule has 1 aliphatic heterocycles. The van der Waals surface area contributed by atoms with Gasteiger partial charge in [-0.1, -0.05) is 86.6 Å². The van der Waals surface area contributed by atoms with Gasteiger partial charge in [0.25, 0.3) is 0 Å². The van der Waals surface area contributed by atoms with Crippen LogP contribution in [0, 0.1) is 5.92 Å². The second-order valence-corrected chi connectivity index (χ2v) is 9.33. The van der Waals surface area contributed by atoms with Crippen molar-refractivity contribution in [1.29, 1.82) is 0 Å². The highest BCUT2D eigenvalue weighted by molar-refractivity contribution is 7.79. The maximum absolute atomic E-state index is 5.84. The molecule has 0 N–H and O–H groups in total. The fourth-order valence-corrected chi connectivity index (χ4v) is 5.53. The van der Waals surface area contributed by atoms with E-state index in [1.165, 1.54) is 15.9 Å². The summed E-state index contributed by atoms with van der Waals surface area (Å²) in [4.78, 5) is 4.75. The van der Waals surface area contributed by atoms with Gasteiger partial charge >= 0.3 is 0 Å². The summed E-state index contributed by atoms with van der Waals surface area (Å²) in [6.45, 7) is 5.07. The lowest BCUT2D eigenvalue weighted by Gasteiger charge is -2.19. The van der Waals surface area contributed by atoms with Crippen molar-refractivity contribution in [3.63, 3.8) is 0 Å². The van der Waals surface area contributed by atoms with Crippen LogP contribution in [0.4, 0.5) is 0 Å². The molecule has 0 spiro atoms. The minimum atomic E-state index is -0.570. The Morgan fingerprint density at radius 2 is 1.30 bits per heavy atom. The fourth-order valence-electron chi connectivity index (χ4n) is 3.24. The van der Waals surface area contributed by atoms with Crippen LogP contribution in [0.5, 0.6) is 0 Å². The highest BCUT2D eigenvalue weighted by Gasteiger charge is 2.23. The number of aliphatic imine (C=N–C) groups is 1. The van der Waals surface area contributed by atoms with Crippen molar-refractivity contribution < 1.29 is 4.74 Å². The lowest BCUT2D eigenvalue weighted by Crippen LogP contribution is -2.20. The zero-order valence-corrected chi connectivity index (χ0v) is 16.6. The standard InChI is InChI=1S/C24H24NOP/c1-18(2)23-17-26-24(25-23)19-13-15-22(16-14-19)27(20-9-5-3-6-10-20)21-11-7-4-8-12-21/h3-16,18,23H,17H2,1-2H3/t23-/m1/s1. The van der Waals surface area contributed by atoms with Gasteiger partial charge in [-0.25, -0.2) is 4.99 Å². The Balaban J connectivity index is 1.67. The van der Waals surface area contributed by atoms with Crippen LogP contribution in [0.15, 0.2) is 89.9 Å². The second kappa shape index (κ2) is 8.06. The molecule has 4 rings (SSSR count). The number of hydrogen-bond acceptors (Lipinski definition) is 2. The van der Waals surface area contributed by atoms with Crippen molar-refractivity contribution in [1.82, 2.24) is 0 Å². The fraction of sp³-hybridized carbons (Fsp3) is 0.208. The smallest absolute Gasteiger partial charge is 0.216 e. The van der Waals surface area contributed by atoms with Crippen LogP contribution >= 0.6 is 7.92 Å². The molecule has 0 amide bonds. The van der Waals surface area contributed by atoms with Gasteiger partial charge in [0.05, 0.1) is 6.04 Å².